The Morgan fingerprint density at radius 1 is 1.12 bits per heavy atom. The number of aliphatic hydroxyl groups excluding tert-OH is 1. The number of aliphatic hydroxyl groups is 2. The number of ether oxygens (including phenoxy) is 1. The SMILES string of the molecule is CC1(C)C=Cc2c(O)c(C[C@@H](O)C(C)(C)O)c3occ(-c4ccc(O)cc4)c(=O)c3c2O1. The zero-order chi connectivity index (χ0) is 23.4. The van der Waals surface area contributed by atoms with Crippen molar-refractivity contribution >= 4 is 17.0 Å². The van der Waals surface area contributed by atoms with Gasteiger partial charge in [-0.3, -0.25) is 4.79 Å². The molecule has 7 heteroatoms. The first-order valence-corrected chi connectivity index (χ1v) is 10.3. The lowest BCUT2D eigenvalue weighted by atomic mass is 9.90. The van der Waals surface area contributed by atoms with Crippen molar-refractivity contribution in [3.05, 3.63) is 58.0 Å². The number of rotatable bonds is 4. The summed E-state index contributed by atoms with van der Waals surface area (Å²) in [6.07, 6.45) is 3.37. The predicted molar refractivity (Wildman–Crippen MR) is 121 cm³/mol. The minimum absolute atomic E-state index is 0.0688. The quantitative estimate of drug-likeness (QED) is 0.490. The molecule has 0 fully saturated rings. The Kier molecular flexibility index (Phi) is 5.07. The van der Waals surface area contributed by atoms with Crippen LogP contribution in [0.25, 0.3) is 28.2 Å². The Morgan fingerprint density at radius 2 is 1.78 bits per heavy atom. The first-order valence-electron chi connectivity index (χ1n) is 10.3. The number of aromatic hydroxyl groups is 2. The van der Waals surface area contributed by atoms with Crippen LogP contribution in [-0.2, 0) is 6.42 Å². The zero-order valence-corrected chi connectivity index (χ0v) is 18.3. The van der Waals surface area contributed by atoms with Crippen LogP contribution >= 0.6 is 0 Å². The van der Waals surface area contributed by atoms with Gasteiger partial charge in [-0.1, -0.05) is 12.1 Å². The second-order valence-electron chi connectivity index (χ2n) is 9.21. The van der Waals surface area contributed by atoms with E-state index < -0.39 is 17.3 Å². The minimum Gasteiger partial charge on any atom is -0.508 e. The van der Waals surface area contributed by atoms with Gasteiger partial charge in [0.1, 0.15) is 40.1 Å². The lowest BCUT2D eigenvalue weighted by Crippen LogP contribution is -2.37. The smallest absolute Gasteiger partial charge is 0.204 e. The summed E-state index contributed by atoms with van der Waals surface area (Å²) < 4.78 is 11.9. The molecule has 32 heavy (non-hydrogen) atoms. The molecule has 0 amide bonds. The highest BCUT2D eigenvalue weighted by Gasteiger charge is 2.33. The molecule has 1 aliphatic rings. The summed E-state index contributed by atoms with van der Waals surface area (Å²) >= 11 is 0. The number of hydrogen-bond acceptors (Lipinski definition) is 7. The molecule has 1 atom stereocenters. The van der Waals surface area contributed by atoms with Crippen LogP contribution in [0.5, 0.6) is 17.2 Å². The highest BCUT2D eigenvalue weighted by atomic mass is 16.5. The van der Waals surface area contributed by atoms with E-state index in [9.17, 15) is 25.2 Å². The van der Waals surface area contributed by atoms with Gasteiger partial charge < -0.3 is 29.6 Å². The van der Waals surface area contributed by atoms with E-state index in [1.165, 1.54) is 32.2 Å². The van der Waals surface area contributed by atoms with E-state index in [4.69, 9.17) is 9.15 Å². The molecule has 168 valence electrons. The summed E-state index contributed by atoms with van der Waals surface area (Å²) in [4.78, 5) is 13.6. The van der Waals surface area contributed by atoms with Crippen LogP contribution in [0, 0.1) is 0 Å². The third kappa shape index (κ3) is 3.74. The lowest BCUT2D eigenvalue weighted by molar-refractivity contribution is -0.0470. The van der Waals surface area contributed by atoms with E-state index in [1.807, 2.05) is 13.8 Å². The maximum Gasteiger partial charge on any atom is 0.204 e. The number of hydrogen-bond donors (Lipinski definition) is 4. The molecule has 1 aliphatic heterocycles. The summed E-state index contributed by atoms with van der Waals surface area (Å²) in [6, 6.07) is 6.14. The Labute approximate surface area is 184 Å². The maximum absolute atomic E-state index is 13.6. The van der Waals surface area contributed by atoms with Gasteiger partial charge in [0.25, 0.3) is 0 Å². The lowest BCUT2D eigenvalue weighted by Gasteiger charge is -2.30. The molecule has 4 rings (SSSR count). The fourth-order valence-corrected chi connectivity index (χ4v) is 3.72. The molecular formula is C25H26O7. The topological polar surface area (TPSA) is 120 Å². The molecule has 7 nitrogen and oxygen atoms in total. The Balaban J connectivity index is 2.04. The van der Waals surface area contributed by atoms with Crippen molar-refractivity contribution in [3.63, 3.8) is 0 Å². The Hall–Kier alpha value is -3.29. The van der Waals surface area contributed by atoms with Gasteiger partial charge in [0.05, 0.1) is 22.8 Å². The molecule has 0 aliphatic carbocycles. The fraction of sp³-hybridized carbons (Fsp3) is 0.320. The van der Waals surface area contributed by atoms with Crippen molar-refractivity contribution < 1.29 is 29.6 Å². The van der Waals surface area contributed by atoms with Crippen LogP contribution in [0.15, 0.2) is 45.8 Å². The Morgan fingerprint density at radius 3 is 2.41 bits per heavy atom. The standard InChI is InChI=1S/C25H26O7/c1-24(2)10-9-15-20(28)16(11-18(27)25(3,4)30)22-19(23(15)32-24)21(29)17(12-31-22)13-5-7-14(26)8-6-13/h5-10,12,18,26-28,30H,11H2,1-4H3/t18-/m1/s1. The van der Waals surface area contributed by atoms with Gasteiger partial charge in [0.2, 0.25) is 5.43 Å². The van der Waals surface area contributed by atoms with E-state index in [0.29, 0.717) is 11.1 Å². The molecular weight excluding hydrogens is 412 g/mol. The predicted octanol–water partition coefficient (Wildman–Crippen LogP) is 3.73. The van der Waals surface area contributed by atoms with Crippen molar-refractivity contribution in [2.24, 2.45) is 0 Å². The van der Waals surface area contributed by atoms with Crippen molar-refractivity contribution in [1.29, 1.82) is 0 Å². The first-order chi connectivity index (χ1) is 14.9. The molecule has 0 saturated carbocycles. The van der Waals surface area contributed by atoms with Gasteiger partial charge in [-0.15, -0.1) is 0 Å². The van der Waals surface area contributed by atoms with E-state index in [1.54, 1.807) is 24.3 Å². The summed E-state index contributed by atoms with van der Waals surface area (Å²) in [7, 11) is 0. The number of phenolic OH excluding ortho intramolecular Hbond substituents is 2. The average molecular weight is 438 g/mol. The number of benzene rings is 2. The van der Waals surface area contributed by atoms with E-state index >= 15 is 0 Å². The van der Waals surface area contributed by atoms with Crippen molar-refractivity contribution in [2.45, 2.75) is 51.4 Å². The number of phenols is 2. The molecule has 2 heterocycles. The zero-order valence-electron chi connectivity index (χ0n) is 18.3. The van der Waals surface area contributed by atoms with Crippen LogP contribution in [0.2, 0.25) is 0 Å². The van der Waals surface area contributed by atoms with Crippen LogP contribution < -0.4 is 10.2 Å². The van der Waals surface area contributed by atoms with E-state index in [0.717, 1.165) is 0 Å². The van der Waals surface area contributed by atoms with Gasteiger partial charge in [-0.05, 0) is 57.5 Å². The molecule has 0 spiro atoms. The summed E-state index contributed by atoms with van der Waals surface area (Å²) in [5.74, 6) is 0.0864. The van der Waals surface area contributed by atoms with Crippen LogP contribution in [-0.4, -0.2) is 37.7 Å². The maximum atomic E-state index is 13.6. The second kappa shape index (κ2) is 7.39. The number of fused-ring (bicyclic) bond motifs is 3. The van der Waals surface area contributed by atoms with E-state index in [2.05, 4.69) is 0 Å². The third-order valence-electron chi connectivity index (χ3n) is 5.69. The first kappa shape index (κ1) is 21.9. The van der Waals surface area contributed by atoms with Crippen LogP contribution in [0.3, 0.4) is 0 Å². The molecule has 4 N–H and O–H groups in total. The van der Waals surface area contributed by atoms with Crippen LogP contribution in [0.1, 0.15) is 38.8 Å². The summed E-state index contributed by atoms with van der Waals surface area (Å²) in [5.41, 5.74) is -1.13. The van der Waals surface area contributed by atoms with Gasteiger partial charge in [-0.2, -0.15) is 0 Å². The molecule has 0 bridgehead atoms. The van der Waals surface area contributed by atoms with Crippen molar-refractivity contribution in [2.75, 3.05) is 0 Å². The average Bonchev–Trinajstić information content (AvgIpc) is 2.70. The molecule has 2 aromatic carbocycles. The summed E-state index contributed by atoms with van der Waals surface area (Å²) in [6.45, 7) is 6.57. The van der Waals surface area contributed by atoms with Gasteiger partial charge >= 0.3 is 0 Å². The molecule has 1 aromatic heterocycles. The highest BCUT2D eigenvalue weighted by molar-refractivity contribution is 5.96. The second-order valence-corrected chi connectivity index (χ2v) is 9.21. The largest absolute Gasteiger partial charge is 0.508 e. The van der Waals surface area contributed by atoms with Crippen LogP contribution in [0.4, 0.5) is 0 Å². The molecule has 3 aromatic rings. The van der Waals surface area contributed by atoms with Crippen molar-refractivity contribution in [3.8, 4) is 28.4 Å². The van der Waals surface area contributed by atoms with E-state index in [-0.39, 0.29) is 51.2 Å². The minimum atomic E-state index is -1.44. The van der Waals surface area contributed by atoms with Crippen molar-refractivity contribution in [1.82, 2.24) is 0 Å². The molecule has 0 unspecified atom stereocenters. The fourth-order valence-electron chi connectivity index (χ4n) is 3.72. The van der Waals surface area contributed by atoms with Gasteiger partial charge in [-0.25, -0.2) is 0 Å². The Bertz CT molecular complexity index is 1280. The highest BCUT2D eigenvalue weighted by Crippen LogP contribution is 2.45. The third-order valence-corrected chi connectivity index (χ3v) is 5.69. The van der Waals surface area contributed by atoms with Gasteiger partial charge in [0, 0.05) is 12.0 Å². The van der Waals surface area contributed by atoms with Gasteiger partial charge in [0.15, 0.2) is 0 Å². The molecule has 0 radical (unpaired) electrons. The monoisotopic (exact) mass is 438 g/mol. The normalized spacial score (nSPS) is 15.9. The molecule has 0 saturated heterocycles. The summed E-state index contributed by atoms with van der Waals surface area (Å²) in [5, 5.41) is 41.4.